The lowest BCUT2D eigenvalue weighted by Gasteiger charge is -2.11. The van der Waals surface area contributed by atoms with E-state index in [0.29, 0.717) is 135 Å². The maximum Gasteiger partial charge on any atom is 0.416 e. The third-order valence-electron chi connectivity index (χ3n) is 21.5. The molecule has 0 bridgehead atoms. The van der Waals surface area contributed by atoms with Gasteiger partial charge in [-0.05, 0) is 206 Å². The normalized spacial score (nSPS) is 10.8. The molecule has 5 heterocycles. The topological polar surface area (TPSA) is 489 Å². The number of carbonyl (C=O) groups is 2. The summed E-state index contributed by atoms with van der Waals surface area (Å²) in [6, 6.07) is 100. The molecular weight excluding hydrogens is 1860 g/mol. The smallest absolute Gasteiger partial charge is 0.416 e. The highest BCUT2D eigenvalue weighted by atomic mass is 35.5. The molecule has 0 radical (unpaired) electrons. The number of phenolic OH excluding ortho intramolecular Hbond substituents is 10. The van der Waals surface area contributed by atoms with Crippen molar-refractivity contribution in [1.29, 1.82) is 5.26 Å². The molecule has 20 aromatic rings. The highest BCUT2D eigenvalue weighted by molar-refractivity contribution is 6.30. The number of aromatic hydroxyl groups is 10. The Morgan fingerprint density at radius 3 is 0.597 bits per heavy atom. The van der Waals surface area contributed by atoms with Crippen LogP contribution in [0.5, 0.6) is 57.5 Å². The van der Waals surface area contributed by atoms with Crippen LogP contribution < -0.4 is 5.73 Å². The van der Waals surface area contributed by atoms with E-state index in [4.69, 9.17) is 27.3 Å². The quantitative estimate of drug-likeness (QED) is 0.0377. The fraction of sp³-hybridized carbons (Fsp3) is 0.0182. The highest BCUT2D eigenvalue weighted by Gasteiger charge is 2.31. The van der Waals surface area contributed by atoms with Crippen molar-refractivity contribution < 1.29 is 78.6 Å². The Hall–Kier alpha value is -20.1. The number of benzene rings is 15. The monoisotopic (exact) mass is 1930 g/mol. The van der Waals surface area contributed by atoms with Crippen molar-refractivity contribution in [2.24, 2.45) is 5.73 Å². The van der Waals surface area contributed by atoms with E-state index in [1.807, 2.05) is 0 Å². The lowest BCUT2D eigenvalue weighted by molar-refractivity contribution is -0.137. The zero-order valence-corrected chi connectivity index (χ0v) is 75.8. The molecule has 30 nitrogen and oxygen atoms in total. The van der Waals surface area contributed by atoms with Crippen molar-refractivity contribution in [2.75, 3.05) is 7.11 Å². The fourth-order valence-electron chi connectivity index (χ4n) is 14.1. The number of primary amides is 1. The van der Waals surface area contributed by atoms with Crippen LogP contribution in [0.3, 0.4) is 0 Å². The lowest BCUT2D eigenvalue weighted by atomic mass is 10.1. The molecule has 34 heteroatoms. The number of methoxy groups -OCH3 is 1. The zero-order chi connectivity index (χ0) is 101. The van der Waals surface area contributed by atoms with Gasteiger partial charge in [0.25, 0.3) is 0 Å². The molecule has 0 aliphatic carbocycles. The van der Waals surface area contributed by atoms with E-state index in [2.05, 4.69) is 80.8 Å². The van der Waals surface area contributed by atoms with Gasteiger partial charge >= 0.3 is 12.1 Å². The van der Waals surface area contributed by atoms with Crippen molar-refractivity contribution in [1.82, 2.24) is 74.8 Å². The summed E-state index contributed by atoms with van der Waals surface area (Å²) in [4.78, 5) is 89.9. The second kappa shape index (κ2) is 43.9. The Bertz CT molecular complexity index is 7850. The van der Waals surface area contributed by atoms with Crippen molar-refractivity contribution >= 4 is 23.5 Å². The molecule has 5 aromatic heterocycles. The standard InChI is InChI=1S/C23H17N3O4.C22H14F3N3O2.C22H16N4O3.C22H14N4O2.C21H14ClN3O2/c1-30-23(29)15-12-10-14(11-13-15)20-24-21(16-6-2-4-8-18(16)27)26-22(25-20)17-7-3-5-9-19(17)28;23-22(24,25)14-11-9-13(10-12-14)19-26-20(15-5-1-3-7-17(15)29)28-21(27-19)16-6-2-4-8-18(16)30;23-19(29)13-9-11-14(12-10-13)20-24-21(15-5-1-3-7-17(15)27)26-22(25-20)16-6-2-4-8-18(16)28;23-13-14-9-11-15(12-10-14)20-24-21(16-5-1-3-7-18(16)27)26-22(25-20)17-6-2-4-8-19(17)28;22-14-11-9-13(10-12-14)19-23-20(15-5-1-3-7-17(15)26)25-21(24-19)16-6-2-4-8-18(16)27/h2-13,27-28H,1H3;1-12,29-30H;1-12,27-28H,(H2,23,29);1-12,27-28H;1-12,26-27H. The second-order valence-electron chi connectivity index (χ2n) is 31.0. The number of hydrogen-bond donors (Lipinski definition) is 11. The molecule has 0 saturated carbocycles. The van der Waals surface area contributed by atoms with E-state index in [1.54, 1.807) is 328 Å². The third kappa shape index (κ3) is 23.1. The minimum Gasteiger partial charge on any atom is -0.507 e. The Morgan fingerprint density at radius 2 is 0.424 bits per heavy atom. The number of phenols is 10. The van der Waals surface area contributed by atoms with Crippen LogP contribution in [0.1, 0.15) is 31.8 Å². The van der Waals surface area contributed by atoms with Crippen molar-refractivity contribution in [3.05, 3.63) is 391 Å². The number of nitriles is 1. The molecule has 0 fully saturated rings. The molecule has 706 valence electrons. The molecule has 0 aliphatic rings. The molecule has 20 rings (SSSR count). The summed E-state index contributed by atoms with van der Waals surface area (Å²) in [7, 11) is 1.32. The molecule has 15 aromatic carbocycles. The van der Waals surface area contributed by atoms with Crippen LogP contribution in [-0.4, -0.2) is 145 Å². The van der Waals surface area contributed by atoms with Crippen molar-refractivity contribution in [3.63, 3.8) is 0 Å². The summed E-state index contributed by atoms with van der Waals surface area (Å²) in [6.07, 6.45) is -4.46. The van der Waals surface area contributed by atoms with Gasteiger partial charge in [-0.25, -0.2) is 79.6 Å². The molecule has 0 saturated heterocycles. The number of halogens is 4. The number of nitrogens with two attached hydrogens (primary N) is 1. The van der Waals surface area contributed by atoms with Gasteiger partial charge in [-0.15, -0.1) is 0 Å². The number of carbonyl (C=O) groups excluding carboxylic acids is 2. The summed E-state index contributed by atoms with van der Waals surface area (Å²) >= 11 is 5.98. The molecule has 0 unspecified atom stereocenters. The van der Waals surface area contributed by atoms with Crippen molar-refractivity contribution in [3.8, 4) is 234 Å². The van der Waals surface area contributed by atoms with E-state index in [9.17, 15) is 73.8 Å². The Labute approximate surface area is 822 Å². The summed E-state index contributed by atoms with van der Waals surface area (Å²) in [5.41, 5.74) is 13.1. The van der Waals surface area contributed by atoms with E-state index >= 15 is 0 Å². The number of ether oxygens (including phenoxy) is 1. The number of para-hydroxylation sites is 10. The van der Waals surface area contributed by atoms with E-state index < -0.39 is 23.6 Å². The zero-order valence-electron chi connectivity index (χ0n) is 75.1. The number of aromatic nitrogens is 15. The van der Waals surface area contributed by atoms with Gasteiger partial charge in [0.1, 0.15) is 57.5 Å². The molecule has 0 atom stereocenters. The summed E-state index contributed by atoms with van der Waals surface area (Å²) in [6.45, 7) is 0. The van der Waals surface area contributed by atoms with Gasteiger partial charge in [0.05, 0.1) is 85.5 Å². The van der Waals surface area contributed by atoms with Crippen LogP contribution >= 0.6 is 11.6 Å². The predicted molar refractivity (Wildman–Crippen MR) is 532 cm³/mol. The summed E-state index contributed by atoms with van der Waals surface area (Å²) in [5.74, 6) is 3.23. The first-order chi connectivity index (χ1) is 69.7. The number of alkyl halides is 3. The van der Waals surface area contributed by atoms with Crippen LogP contribution in [-0.2, 0) is 10.9 Å². The van der Waals surface area contributed by atoms with Gasteiger partial charge < -0.3 is 61.5 Å². The Kier molecular flexibility index (Phi) is 29.6. The first kappa shape index (κ1) is 97.0. The molecular formula is C110H75ClF3N17O13. The highest BCUT2D eigenvalue weighted by Crippen LogP contribution is 2.41. The van der Waals surface area contributed by atoms with Crippen LogP contribution in [0.25, 0.3) is 171 Å². The molecule has 0 aliphatic heterocycles. The number of nitrogens with zero attached hydrogens (tertiary/aromatic N) is 16. The lowest BCUT2D eigenvalue weighted by Crippen LogP contribution is -2.10. The number of rotatable bonds is 17. The molecule has 12 N–H and O–H groups in total. The van der Waals surface area contributed by atoms with Gasteiger partial charge in [-0.2, -0.15) is 18.4 Å². The average Bonchev–Trinajstić information content (AvgIpc) is 0.797. The predicted octanol–water partition coefficient (Wildman–Crippen LogP) is 21.8. The van der Waals surface area contributed by atoms with Crippen LogP contribution in [0.2, 0.25) is 5.02 Å². The average molecular weight is 1940 g/mol. The third-order valence-corrected chi connectivity index (χ3v) is 21.7. The largest absolute Gasteiger partial charge is 0.507 e. The van der Waals surface area contributed by atoms with Gasteiger partial charge in [0.2, 0.25) is 5.91 Å². The van der Waals surface area contributed by atoms with E-state index in [-0.39, 0.29) is 110 Å². The van der Waals surface area contributed by atoms with Gasteiger partial charge in [-0.1, -0.05) is 169 Å². The minimum atomic E-state index is -4.46. The summed E-state index contributed by atoms with van der Waals surface area (Å²) < 4.78 is 43.4. The van der Waals surface area contributed by atoms with Gasteiger partial charge in [0.15, 0.2) is 87.4 Å². The summed E-state index contributed by atoms with van der Waals surface area (Å²) in [5, 5.41) is 112. The SMILES string of the molecule is COC(=O)c1ccc(-c2nc(-c3ccccc3O)nc(-c3ccccc3O)n2)cc1.N#Cc1ccc(-c2nc(-c3ccccc3O)nc(-c3ccccc3O)n2)cc1.NC(=O)c1ccc(-c2nc(-c3ccccc3O)nc(-c3ccccc3O)n2)cc1.Oc1ccccc1-c1nc(-c2ccc(C(F)(F)F)cc2)nc(-c2ccccc2O)n1.Oc1ccccc1-c1nc(-c2ccc(Cl)cc2)nc(-c2ccccc2O)n1. The maximum atomic E-state index is 12.9. The van der Waals surface area contributed by atoms with E-state index in [1.165, 1.54) is 31.4 Å². The minimum absolute atomic E-state index is 0.0250. The second-order valence-corrected chi connectivity index (χ2v) is 31.4. The molecule has 0 spiro atoms. The number of esters is 1. The van der Waals surface area contributed by atoms with Crippen LogP contribution in [0, 0.1) is 11.3 Å². The Morgan fingerprint density at radius 1 is 0.257 bits per heavy atom. The fourth-order valence-corrected chi connectivity index (χ4v) is 14.2. The number of amides is 1. The van der Waals surface area contributed by atoms with E-state index in [0.717, 1.165) is 17.7 Å². The van der Waals surface area contributed by atoms with Gasteiger partial charge in [0, 0.05) is 38.4 Å². The van der Waals surface area contributed by atoms with Crippen LogP contribution in [0.4, 0.5) is 13.2 Å². The first-order valence-electron chi connectivity index (χ1n) is 43.4. The van der Waals surface area contributed by atoms with Crippen molar-refractivity contribution in [2.45, 2.75) is 6.18 Å². The maximum absolute atomic E-state index is 12.9. The molecule has 1 amide bonds. The Balaban J connectivity index is 0.000000129. The first-order valence-corrected chi connectivity index (χ1v) is 43.7. The number of hydrogen-bond acceptors (Lipinski definition) is 29. The van der Waals surface area contributed by atoms with Crippen LogP contribution in [0.15, 0.2) is 364 Å². The molecule has 144 heavy (non-hydrogen) atoms. The van der Waals surface area contributed by atoms with Gasteiger partial charge in [-0.3, -0.25) is 4.79 Å².